The van der Waals surface area contributed by atoms with Crippen LogP contribution in [0, 0.1) is 0 Å². The average molecular weight is 411 g/mol. The minimum Gasteiger partial charge on any atom is -0.328 e. The molecule has 0 radical (unpaired) electrons. The van der Waals surface area contributed by atoms with Crippen molar-refractivity contribution in [2.24, 2.45) is 0 Å². The van der Waals surface area contributed by atoms with Crippen LogP contribution in [0.15, 0.2) is 59.8 Å². The second kappa shape index (κ2) is 6.76. The molecule has 0 spiro atoms. The number of benzene rings is 2. The van der Waals surface area contributed by atoms with E-state index in [0.29, 0.717) is 28.2 Å². The molecule has 0 fully saturated rings. The van der Waals surface area contributed by atoms with Crippen LogP contribution in [0.5, 0.6) is 0 Å². The second-order valence-electron chi connectivity index (χ2n) is 6.94. The third-order valence-electron chi connectivity index (χ3n) is 5.16. The van der Waals surface area contributed by atoms with Crippen LogP contribution in [0.25, 0.3) is 11.4 Å². The maximum absolute atomic E-state index is 12.8. The number of hydrogen-bond acceptors (Lipinski definition) is 4. The van der Waals surface area contributed by atoms with Crippen molar-refractivity contribution >= 4 is 34.9 Å². The zero-order chi connectivity index (χ0) is 19.3. The van der Waals surface area contributed by atoms with E-state index < -0.39 is 0 Å². The predicted molar refractivity (Wildman–Crippen MR) is 110 cm³/mol. The van der Waals surface area contributed by atoms with Crippen LogP contribution in [0.3, 0.4) is 0 Å². The van der Waals surface area contributed by atoms with Crippen molar-refractivity contribution in [1.82, 2.24) is 14.8 Å². The summed E-state index contributed by atoms with van der Waals surface area (Å²) in [6, 6.07) is 14.9. The summed E-state index contributed by atoms with van der Waals surface area (Å²) in [6.45, 7) is 0. The molecule has 2 aromatic carbocycles. The number of carbonyl (C=O) groups is 1. The summed E-state index contributed by atoms with van der Waals surface area (Å²) < 4.78 is 1.78. The molecule has 7 heteroatoms. The first kappa shape index (κ1) is 17.5. The van der Waals surface area contributed by atoms with Crippen LogP contribution >= 0.6 is 23.2 Å². The average Bonchev–Trinajstić information content (AvgIpc) is 3.13. The SMILES string of the molecule is O=C1CCCC2=C1C(c1ccc(Cl)c(Cl)c1)n1nc(-c3ccccc3)nc1N2. The summed E-state index contributed by atoms with van der Waals surface area (Å²) >= 11 is 12.4. The molecule has 1 atom stereocenters. The highest BCUT2D eigenvalue weighted by Crippen LogP contribution is 2.41. The number of nitrogens with one attached hydrogen (secondary N) is 1. The van der Waals surface area contributed by atoms with E-state index in [2.05, 4.69) is 10.3 Å². The number of carbonyl (C=O) groups excluding carboxylic acids is 1. The Kier molecular flexibility index (Phi) is 4.22. The second-order valence-corrected chi connectivity index (χ2v) is 7.75. The molecule has 28 heavy (non-hydrogen) atoms. The highest BCUT2D eigenvalue weighted by Gasteiger charge is 2.37. The molecule has 1 unspecified atom stereocenters. The first-order valence-corrected chi connectivity index (χ1v) is 9.87. The van der Waals surface area contributed by atoms with Gasteiger partial charge in [-0.15, -0.1) is 5.10 Å². The number of hydrogen-bond donors (Lipinski definition) is 1. The first-order chi connectivity index (χ1) is 13.6. The minimum atomic E-state index is -0.376. The Morgan fingerprint density at radius 2 is 1.86 bits per heavy atom. The number of nitrogens with zero attached hydrogens (tertiary/aromatic N) is 3. The van der Waals surface area contributed by atoms with Crippen LogP contribution in [0.4, 0.5) is 5.95 Å². The quantitative estimate of drug-likeness (QED) is 0.624. The molecule has 5 rings (SSSR count). The zero-order valence-corrected chi connectivity index (χ0v) is 16.3. The third-order valence-corrected chi connectivity index (χ3v) is 5.90. The van der Waals surface area contributed by atoms with Crippen molar-refractivity contribution < 1.29 is 4.79 Å². The number of halogens is 2. The van der Waals surface area contributed by atoms with Crippen LogP contribution < -0.4 is 5.32 Å². The predicted octanol–water partition coefficient (Wildman–Crippen LogP) is 5.27. The number of anilines is 1. The van der Waals surface area contributed by atoms with Gasteiger partial charge in [0.2, 0.25) is 5.95 Å². The van der Waals surface area contributed by atoms with Gasteiger partial charge in [0.05, 0.1) is 10.0 Å². The van der Waals surface area contributed by atoms with Gasteiger partial charge in [0.15, 0.2) is 11.6 Å². The lowest BCUT2D eigenvalue weighted by Gasteiger charge is -2.32. The summed E-state index contributed by atoms with van der Waals surface area (Å²) in [5.41, 5.74) is 3.45. The Balaban J connectivity index is 1.70. The summed E-state index contributed by atoms with van der Waals surface area (Å²) in [6.07, 6.45) is 2.18. The molecular weight excluding hydrogens is 395 g/mol. The van der Waals surface area contributed by atoms with Crippen LogP contribution in [0.2, 0.25) is 10.0 Å². The van der Waals surface area contributed by atoms with Gasteiger partial charge in [0.25, 0.3) is 0 Å². The Hall–Kier alpha value is -2.63. The fourth-order valence-corrected chi connectivity index (χ4v) is 4.16. The summed E-state index contributed by atoms with van der Waals surface area (Å²) in [5.74, 6) is 1.37. The molecule has 5 nitrogen and oxygen atoms in total. The summed E-state index contributed by atoms with van der Waals surface area (Å²) in [7, 11) is 0. The molecule has 0 amide bonds. The fourth-order valence-electron chi connectivity index (χ4n) is 3.86. The standard InChI is InChI=1S/C21H16Cl2N4O/c22-14-10-9-13(11-15(14)23)19-18-16(7-4-8-17(18)28)24-21-25-20(26-27(19)21)12-5-2-1-3-6-12/h1-3,5-6,9-11,19H,4,7-8H2,(H,24,25,26). The number of Topliss-reactive ketones (excluding diaryl/α,β-unsaturated/α-hetero) is 1. The number of ketones is 1. The van der Waals surface area contributed by atoms with Gasteiger partial charge in [-0.2, -0.15) is 4.98 Å². The lowest BCUT2D eigenvalue weighted by molar-refractivity contribution is -0.116. The number of rotatable bonds is 2. The van der Waals surface area contributed by atoms with Gasteiger partial charge in [-0.25, -0.2) is 4.68 Å². The molecule has 1 N–H and O–H groups in total. The monoisotopic (exact) mass is 410 g/mol. The Labute approximate surface area is 172 Å². The lowest BCUT2D eigenvalue weighted by atomic mass is 9.85. The van der Waals surface area contributed by atoms with Crippen molar-refractivity contribution in [3.63, 3.8) is 0 Å². The normalized spacial score (nSPS) is 18.5. The van der Waals surface area contributed by atoms with Crippen molar-refractivity contribution in [3.8, 4) is 11.4 Å². The fraction of sp³-hybridized carbons (Fsp3) is 0.190. The molecule has 1 aliphatic carbocycles. The molecular formula is C21H16Cl2N4O. The van der Waals surface area contributed by atoms with E-state index in [-0.39, 0.29) is 11.8 Å². The van der Waals surface area contributed by atoms with Gasteiger partial charge < -0.3 is 5.32 Å². The third kappa shape index (κ3) is 2.82. The van der Waals surface area contributed by atoms with E-state index in [9.17, 15) is 4.79 Å². The molecule has 140 valence electrons. The van der Waals surface area contributed by atoms with Crippen LogP contribution in [-0.4, -0.2) is 20.5 Å². The summed E-state index contributed by atoms with van der Waals surface area (Å²) in [5, 5.41) is 9.00. The molecule has 1 aliphatic heterocycles. The Morgan fingerprint density at radius 3 is 2.64 bits per heavy atom. The minimum absolute atomic E-state index is 0.132. The van der Waals surface area contributed by atoms with E-state index >= 15 is 0 Å². The van der Waals surface area contributed by atoms with Crippen molar-refractivity contribution in [3.05, 3.63) is 75.4 Å². The number of aromatic nitrogens is 3. The van der Waals surface area contributed by atoms with E-state index in [1.54, 1.807) is 16.8 Å². The molecule has 0 saturated heterocycles. The Morgan fingerprint density at radius 1 is 1.04 bits per heavy atom. The number of fused-ring (bicyclic) bond motifs is 1. The van der Waals surface area contributed by atoms with Crippen LogP contribution in [0.1, 0.15) is 30.9 Å². The summed E-state index contributed by atoms with van der Waals surface area (Å²) in [4.78, 5) is 17.5. The van der Waals surface area contributed by atoms with E-state index in [1.807, 2.05) is 36.4 Å². The van der Waals surface area contributed by atoms with Crippen molar-refractivity contribution in [1.29, 1.82) is 0 Å². The maximum Gasteiger partial charge on any atom is 0.226 e. The molecule has 0 saturated carbocycles. The largest absolute Gasteiger partial charge is 0.328 e. The van der Waals surface area contributed by atoms with Gasteiger partial charge in [-0.1, -0.05) is 59.6 Å². The zero-order valence-electron chi connectivity index (χ0n) is 14.8. The number of allylic oxidation sites excluding steroid dienone is 2. The topological polar surface area (TPSA) is 59.8 Å². The molecule has 3 aromatic rings. The van der Waals surface area contributed by atoms with Gasteiger partial charge in [-0.05, 0) is 30.5 Å². The molecule has 2 heterocycles. The van der Waals surface area contributed by atoms with Gasteiger partial charge in [-0.3, -0.25) is 4.79 Å². The van der Waals surface area contributed by atoms with Gasteiger partial charge >= 0.3 is 0 Å². The van der Waals surface area contributed by atoms with Crippen LogP contribution in [-0.2, 0) is 4.79 Å². The van der Waals surface area contributed by atoms with E-state index in [1.165, 1.54) is 0 Å². The highest BCUT2D eigenvalue weighted by atomic mass is 35.5. The molecule has 2 aliphatic rings. The first-order valence-electron chi connectivity index (χ1n) is 9.12. The van der Waals surface area contributed by atoms with Crippen molar-refractivity contribution in [2.45, 2.75) is 25.3 Å². The molecule has 0 bridgehead atoms. The highest BCUT2D eigenvalue weighted by molar-refractivity contribution is 6.42. The Bertz CT molecular complexity index is 1120. The van der Waals surface area contributed by atoms with E-state index in [0.717, 1.165) is 35.2 Å². The lowest BCUT2D eigenvalue weighted by Crippen LogP contribution is -2.31. The smallest absolute Gasteiger partial charge is 0.226 e. The van der Waals surface area contributed by atoms with Gasteiger partial charge in [0, 0.05) is 23.3 Å². The van der Waals surface area contributed by atoms with Crippen molar-refractivity contribution in [2.75, 3.05) is 5.32 Å². The molecule has 1 aromatic heterocycles. The maximum atomic E-state index is 12.8. The van der Waals surface area contributed by atoms with Gasteiger partial charge in [0.1, 0.15) is 6.04 Å². The van der Waals surface area contributed by atoms with E-state index in [4.69, 9.17) is 28.3 Å².